The van der Waals surface area contributed by atoms with Gasteiger partial charge >= 0.3 is 0 Å². The minimum atomic E-state index is -0.262. The van der Waals surface area contributed by atoms with Crippen LogP contribution >= 0.6 is 0 Å². The van der Waals surface area contributed by atoms with Gasteiger partial charge in [0, 0.05) is 28.8 Å². The first-order valence-corrected chi connectivity index (χ1v) is 12.8. The van der Waals surface area contributed by atoms with E-state index in [-0.39, 0.29) is 23.7 Å². The third kappa shape index (κ3) is 2.39. The van der Waals surface area contributed by atoms with Crippen LogP contribution in [0.1, 0.15) is 86.7 Å². The number of hydrogen-bond acceptors (Lipinski definition) is 2. The molecule has 4 aromatic rings. The molecule has 1 aromatic heterocycles. The summed E-state index contributed by atoms with van der Waals surface area (Å²) >= 11 is 0. The lowest BCUT2D eigenvalue weighted by atomic mass is 9.78. The van der Waals surface area contributed by atoms with Crippen LogP contribution in [0, 0.1) is 0 Å². The fourth-order valence-electron chi connectivity index (χ4n) is 6.91. The van der Waals surface area contributed by atoms with Crippen LogP contribution in [-0.2, 0) is 11.3 Å². The largest absolute Gasteiger partial charge is 0.351 e. The van der Waals surface area contributed by atoms with Crippen molar-refractivity contribution < 1.29 is 9.53 Å². The maximum absolute atomic E-state index is 13.1. The minimum absolute atomic E-state index is 0.0439. The number of hydrogen-bond donors (Lipinski definition) is 1. The molecule has 4 nitrogen and oxygen atoms in total. The van der Waals surface area contributed by atoms with Crippen LogP contribution in [0.2, 0.25) is 0 Å². The summed E-state index contributed by atoms with van der Waals surface area (Å²) in [5, 5.41) is 5.61. The second-order valence-corrected chi connectivity index (χ2v) is 9.38. The highest BCUT2D eigenvalue weighted by Gasteiger charge is 2.53. The van der Waals surface area contributed by atoms with Crippen molar-refractivity contribution in [2.75, 3.05) is 0 Å². The van der Waals surface area contributed by atoms with Gasteiger partial charge in [0.25, 0.3) is 5.91 Å². The third-order valence-corrected chi connectivity index (χ3v) is 7.96. The van der Waals surface area contributed by atoms with E-state index >= 15 is 0 Å². The quantitative estimate of drug-likeness (QED) is 0.304. The van der Waals surface area contributed by atoms with Crippen LogP contribution in [0.3, 0.4) is 0 Å². The number of carbonyl (C=O) groups is 1. The Morgan fingerprint density at radius 1 is 1.00 bits per heavy atom. The molecule has 0 spiro atoms. The van der Waals surface area contributed by atoms with Crippen LogP contribution in [0.5, 0.6) is 0 Å². The lowest BCUT2D eigenvalue weighted by Crippen LogP contribution is -2.31. The molecule has 4 aliphatic rings. The van der Waals surface area contributed by atoms with Crippen molar-refractivity contribution in [2.24, 2.45) is 0 Å². The molecule has 3 unspecified atom stereocenters. The lowest BCUT2D eigenvalue weighted by Gasteiger charge is -2.31. The SMILES string of the molecule is CC.CC.CC12CCC(O1)n1c3ccccc3c3c4c(c5c(c31)C2c1ccccc1-5)C(=O)NC4. The Morgan fingerprint density at radius 3 is 2.56 bits per heavy atom. The Kier molecular flexibility index (Phi) is 4.69. The number of aromatic nitrogens is 1. The topological polar surface area (TPSA) is 43.3 Å². The Balaban J connectivity index is 0.000000519. The van der Waals surface area contributed by atoms with Gasteiger partial charge in [-0.2, -0.15) is 0 Å². The summed E-state index contributed by atoms with van der Waals surface area (Å²) in [5.41, 5.74) is 9.26. The molecule has 1 aliphatic carbocycles. The number of carbonyl (C=O) groups excluding carboxylic acids is 1. The molecule has 0 saturated carbocycles. The molecule has 1 saturated heterocycles. The van der Waals surface area contributed by atoms with E-state index in [0.29, 0.717) is 6.54 Å². The van der Waals surface area contributed by atoms with Gasteiger partial charge in [0.2, 0.25) is 0 Å². The van der Waals surface area contributed by atoms with E-state index in [2.05, 4.69) is 65.3 Å². The van der Waals surface area contributed by atoms with E-state index < -0.39 is 0 Å². The summed E-state index contributed by atoms with van der Waals surface area (Å²) in [6, 6.07) is 17.3. The molecule has 174 valence electrons. The third-order valence-electron chi connectivity index (χ3n) is 7.96. The molecular weight excluding hydrogens is 420 g/mol. The highest BCUT2D eigenvalue weighted by atomic mass is 16.5. The average molecular weight is 453 g/mol. The molecule has 2 bridgehead atoms. The molecule has 3 aromatic carbocycles. The van der Waals surface area contributed by atoms with Crippen LogP contribution in [-0.4, -0.2) is 16.1 Å². The van der Waals surface area contributed by atoms with Gasteiger partial charge < -0.3 is 14.6 Å². The van der Waals surface area contributed by atoms with Crippen LogP contribution in [0.4, 0.5) is 0 Å². The number of para-hydroxylation sites is 1. The number of ether oxygens (including phenoxy) is 1. The summed E-state index contributed by atoms with van der Waals surface area (Å²) in [6.07, 6.45) is 2.08. The number of nitrogens with one attached hydrogen (secondary N) is 1. The minimum Gasteiger partial charge on any atom is -0.351 e. The number of nitrogens with zero attached hydrogens (tertiary/aromatic N) is 1. The molecule has 34 heavy (non-hydrogen) atoms. The standard InChI is InChI=1S/C26H20N2O2.2C2H6/c1-26-11-10-18(30-26)28-17-9-5-4-8-15(17)19-16-12-27-25(29)21(16)20-13-6-2-3-7-14(13)23(26)22(20)24(19)28;2*1-2/h2-9,18,23H,10-12H2,1H3,(H,27,29);2*1-2H3. The van der Waals surface area contributed by atoms with Crippen molar-refractivity contribution in [2.45, 2.75) is 71.8 Å². The van der Waals surface area contributed by atoms with Crippen molar-refractivity contribution in [3.63, 3.8) is 0 Å². The normalized spacial score (nSPS) is 24.6. The van der Waals surface area contributed by atoms with Gasteiger partial charge in [0.05, 0.1) is 22.2 Å². The van der Waals surface area contributed by atoms with E-state index in [0.717, 1.165) is 29.5 Å². The summed E-state index contributed by atoms with van der Waals surface area (Å²) in [6.45, 7) is 10.9. The summed E-state index contributed by atoms with van der Waals surface area (Å²) in [5.74, 6) is 0.214. The zero-order chi connectivity index (χ0) is 23.8. The highest BCUT2D eigenvalue weighted by Crippen LogP contribution is 2.62. The first-order valence-electron chi connectivity index (χ1n) is 12.8. The van der Waals surface area contributed by atoms with Crippen molar-refractivity contribution in [1.82, 2.24) is 9.88 Å². The van der Waals surface area contributed by atoms with E-state index in [1.54, 1.807) is 0 Å². The number of fused-ring (bicyclic) bond motifs is 13. The molecule has 0 radical (unpaired) electrons. The van der Waals surface area contributed by atoms with Gasteiger partial charge in [0.15, 0.2) is 0 Å². The first kappa shape index (κ1) is 21.4. The molecule has 1 fully saturated rings. The summed E-state index contributed by atoms with van der Waals surface area (Å²) in [4.78, 5) is 13.1. The fourth-order valence-corrected chi connectivity index (χ4v) is 6.91. The van der Waals surface area contributed by atoms with Crippen molar-refractivity contribution in [1.29, 1.82) is 0 Å². The first-order chi connectivity index (χ1) is 16.7. The number of benzene rings is 3. The van der Waals surface area contributed by atoms with Crippen molar-refractivity contribution in [3.05, 3.63) is 70.8 Å². The second kappa shape index (κ2) is 7.44. The molecule has 3 atom stereocenters. The maximum atomic E-state index is 13.1. The van der Waals surface area contributed by atoms with Crippen LogP contribution < -0.4 is 5.32 Å². The van der Waals surface area contributed by atoms with E-state index in [4.69, 9.17) is 4.74 Å². The van der Waals surface area contributed by atoms with Crippen molar-refractivity contribution >= 4 is 27.7 Å². The predicted octanol–water partition coefficient (Wildman–Crippen LogP) is 7.28. The zero-order valence-corrected chi connectivity index (χ0v) is 20.7. The number of rotatable bonds is 0. The van der Waals surface area contributed by atoms with Gasteiger partial charge in [0.1, 0.15) is 6.23 Å². The molecule has 1 amide bonds. The Hall–Kier alpha value is -3.11. The second-order valence-electron chi connectivity index (χ2n) is 9.38. The van der Waals surface area contributed by atoms with E-state index in [1.165, 1.54) is 38.5 Å². The van der Waals surface area contributed by atoms with E-state index in [1.807, 2.05) is 27.7 Å². The highest BCUT2D eigenvalue weighted by molar-refractivity contribution is 6.20. The summed E-state index contributed by atoms with van der Waals surface area (Å²) < 4.78 is 9.31. The van der Waals surface area contributed by atoms with Crippen LogP contribution in [0.15, 0.2) is 48.5 Å². The zero-order valence-electron chi connectivity index (χ0n) is 20.7. The van der Waals surface area contributed by atoms with Crippen molar-refractivity contribution in [3.8, 4) is 11.1 Å². The molecule has 1 N–H and O–H groups in total. The van der Waals surface area contributed by atoms with Gasteiger partial charge in [-0.1, -0.05) is 70.2 Å². The molecule has 8 rings (SSSR count). The summed E-state index contributed by atoms with van der Waals surface area (Å²) in [7, 11) is 0. The Bertz CT molecular complexity index is 1480. The Labute approximate surface area is 200 Å². The number of amides is 1. The van der Waals surface area contributed by atoms with Gasteiger partial charge in [-0.3, -0.25) is 4.79 Å². The molecule has 3 aliphatic heterocycles. The fraction of sp³-hybridized carbons (Fsp3) is 0.367. The van der Waals surface area contributed by atoms with Gasteiger partial charge in [-0.05, 0) is 48.1 Å². The van der Waals surface area contributed by atoms with Crippen LogP contribution in [0.25, 0.3) is 32.9 Å². The van der Waals surface area contributed by atoms with Gasteiger partial charge in [-0.25, -0.2) is 0 Å². The smallest absolute Gasteiger partial charge is 0.252 e. The van der Waals surface area contributed by atoms with Gasteiger partial charge in [-0.15, -0.1) is 0 Å². The lowest BCUT2D eigenvalue weighted by molar-refractivity contribution is -0.0615. The maximum Gasteiger partial charge on any atom is 0.252 e. The Morgan fingerprint density at radius 2 is 1.74 bits per heavy atom. The molecular formula is C30H32N2O2. The van der Waals surface area contributed by atoms with E-state index in [9.17, 15) is 4.79 Å². The molecule has 4 heterocycles. The predicted molar refractivity (Wildman–Crippen MR) is 138 cm³/mol. The average Bonchev–Trinajstić information content (AvgIpc) is 3.60. The monoisotopic (exact) mass is 452 g/mol. The molecule has 4 heteroatoms.